The number of carboxylic acid groups (broad SMARTS) is 1. The van der Waals surface area contributed by atoms with Crippen LogP contribution >= 0.6 is 0 Å². The average molecular weight is 334 g/mol. The first-order valence-corrected chi connectivity index (χ1v) is 8.51. The fourth-order valence-electron chi connectivity index (χ4n) is 4.42. The second-order valence-corrected chi connectivity index (χ2v) is 7.64. The Balaban J connectivity index is 1.69. The lowest BCUT2D eigenvalue weighted by molar-refractivity contribution is 0.160. The summed E-state index contributed by atoms with van der Waals surface area (Å²) < 4.78 is 5.17. The third kappa shape index (κ3) is 3.55. The molecular formula is C17H26N4O3. The van der Waals surface area contributed by atoms with Crippen molar-refractivity contribution in [2.24, 2.45) is 17.8 Å². The van der Waals surface area contributed by atoms with Crippen LogP contribution in [0.5, 0.6) is 5.88 Å². The summed E-state index contributed by atoms with van der Waals surface area (Å²) in [5.41, 5.74) is 0.668. The highest BCUT2D eigenvalue weighted by molar-refractivity contribution is 5.65. The molecule has 2 fully saturated rings. The lowest BCUT2D eigenvalue weighted by Gasteiger charge is -2.42. The first kappa shape index (κ1) is 16.8. The van der Waals surface area contributed by atoms with Crippen molar-refractivity contribution in [2.75, 3.05) is 25.1 Å². The Morgan fingerprint density at radius 1 is 1.42 bits per heavy atom. The Morgan fingerprint density at radius 2 is 2.08 bits per heavy atom. The SMILES string of the molecule is COc1cc(N2C[C@H]3CC[C@@H](C2)[C@H]3CC(C)(C)NC(=O)O)cnn1. The quantitative estimate of drug-likeness (QED) is 0.859. The molecular weight excluding hydrogens is 308 g/mol. The van der Waals surface area contributed by atoms with Gasteiger partial charge in [0, 0.05) is 24.7 Å². The van der Waals surface area contributed by atoms with Crippen LogP contribution < -0.4 is 15.0 Å². The van der Waals surface area contributed by atoms with Crippen molar-refractivity contribution < 1.29 is 14.6 Å². The van der Waals surface area contributed by atoms with Gasteiger partial charge in [-0.05, 0) is 50.9 Å². The first-order chi connectivity index (χ1) is 11.4. The predicted molar refractivity (Wildman–Crippen MR) is 90.4 cm³/mol. The van der Waals surface area contributed by atoms with E-state index in [0.29, 0.717) is 23.6 Å². The Kier molecular flexibility index (Phi) is 4.51. The Morgan fingerprint density at radius 3 is 2.67 bits per heavy atom. The fraction of sp³-hybridized carbons (Fsp3) is 0.706. The molecule has 2 bridgehead atoms. The number of aromatic nitrogens is 2. The largest absolute Gasteiger partial charge is 0.480 e. The maximum Gasteiger partial charge on any atom is 0.405 e. The molecule has 0 aromatic carbocycles. The molecule has 1 aromatic rings. The Labute approximate surface area is 142 Å². The highest BCUT2D eigenvalue weighted by Gasteiger charge is 2.44. The number of fused-ring (bicyclic) bond motifs is 2. The monoisotopic (exact) mass is 334 g/mol. The molecule has 7 heteroatoms. The van der Waals surface area contributed by atoms with E-state index in [4.69, 9.17) is 9.84 Å². The third-order valence-corrected chi connectivity index (χ3v) is 5.41. The summed E-state index contributed by atoms with van der Waals surface area (Å²) in [6, 6.07) is 1.93. The molecule has 3 atom stereocenters. The minimum absolute atomic E-state index is 0.388. The van der Waals surface area contributed by atoms with Crippen LogP contribution in [0.1, 0.15) is 33.1 Å². The third-order valence-electron chi connectivity index (χ3n) is 5.41. The number of hydrogen-bond donors (Lipinski definition) is 2. The molecule has 132 valence electrons. The van der Waals surface area contributed by atoms with E-state index in [1.807, 2.05) is 19.9 Å². The lowest BCUT2D eigenvalue weighted by Crippen LogP contribution is -2.49. The van der Waals surface area contributed by atoms with Gasteiger partial charge in [-0.15, -0.1) is 5.10 Å². The molecule has 0 spiro atoms. The van der Waals surface area contributed by atoms with E-state index < -0.39 is 6.09 Å². The molecule has 1 aromatic heterocycles. The lowest BCUT2D eigenvalue weighted by atomic mass is 9.77. The van der Waals surface area contributed by atoms with E-state index in [0.717, 1.165) is 25.2 Å². The molecule has 2 aliphatic rings. The summed E-state index contributed by atoms with van der Waals surface area (Å²) in [6.07, 6.45) is 4.16. The number of methoxy groups -OCH3 is 1. The summed E-state index contributed by atoms with van der Waals surface area (Å²) in [4.78, 5) is 13.4. The van der Waals surface area contributed by atoms with Crippen molar-refractivity contribution in [2.45, 2.75) is 38.6 Å². The van der Waals surface area contributed by atoms with Crippen LogP contribution in [-0.2, 0) is 0 Å². The molecule has 2 N–H and O–H groups in total. The van der Waals surface area contributed by atoms with Crippen LogP contribution in [0.4, 0.5) is 10.5 Å². The molecule has 0 radical (unpaired) electrons. The van der Waals surface area contributed by atoms with E-state index in [1.165, 1.54) is 12.8 Å². The van der Waals surface area contributed by atoms with E-state index in [-0.39, 0.29) is 5.54 Å². The summed E-state index contributed by atoms with van der Waals surface area (Å²) in [5.74, 6) is 2.30. The second-order valence-electron chi connectivity index (χ2n) is 7.64. The van der Waals surface area contributed by atoms with Crippen molar-refractivity contribution in [1.29, 1.82) is 0 Å². The molecule has 24 heavy (non-hydrogen) atoms. The van der Waals surface area contributed by atoms with Crippen molar-refractivity contribution in [3.05, 3.63) is 12.3 Å². The maximum absolute atomic E-state index is 11.0. The van der Waals surface area contributed by atoms with Crippen LogP contribution in [-0.4, -0.2) is 47.1 Å². The van der Waals surface area contributed by atoms with Crippen LogP contribution in [0.3, 0.4) is 0 Å². The van der Waals surface area contributed by atoms with E-state index in [1.54, 1.807) is 13.3 Å². The first-order valence-electron chi connectivity index (χ1n) is 8.51. The molecule has 3 rings (SSSR count). The molecule has 1 saturated carbocycles. The standard InChI is InChI=1S/C17H26N4O3/c1-17(2,19-16(22)23)7-14-11-4-5-12(14)10-21(9-11)13-6-15(24-3)20-18-8-13/h6,8,11-12,14,19H,4-5,7,9-10H2,1-3H3,(H,22,23)/t11-,12+,14+. The summed E-state index contributed by atoms with van der Waals surface area (Å²) >= 11 is 0. The van der Waals surface area contributed by atoms with Gasteiger partial charge < -0.3 is 20.1 Å². The number of piperidine rings is 1. The van der Waals surface area contributed by atoms with E-state index in [9.17, 15) is 4.79 Å². The zero-order valence-electron chi connectivity index (χ0n) is 14.5. The highest BCUT2D eigenvalue weighted by atomic mass is 16.5. The van der Waals surface area contributed by atoms with Gasteiger partial charge in [0.1, 0.15) is 0 Å². The van der Waals surface area contributed by atoms with Gasteiger partial charge in [-0.2, -0.15) is 5.10 Å². The predicted octanol–water partition coefficient (Wildman–Crippen LogP) is 2.38. The van der Waals surface area contributed by atoms with Crippen molar-refractivity contribution in [3.8, 4) is 5.88 Å². The summed E-state index contributed by atoms with van der Waals surface area (Å²) in [5, 5.41) is 19.6. The van der Waals surface area contributed by atoms with Gasteiger partial charge in [0.15, 0.2) is 0 Å². The van der Waals surface area contributed by atoms with Gasteiger partial charge in [0.25, 0.3) is 0 Å². The molecule has 0 unspecified atom stereocenters. The molecule has 1 amide bonds. The molecule has 1 aliphatic carbocycles. The zero-order valence-corrected chi connectivity index (χ0v) is 14.5. The van der Waals surface area contributed by atoms with E-state index in [2.05, 4.69) is 20.4 Å². The van der Waals surface area contributed by atoms with Gasteiger partial charge in [-0.1, -0.05) is 0 Å². The van der Waals surface area contributed by atoms with Crippen molar-refractivity contribution in [3.63, 3.8) is 0 Å². The van der Waals surface area contributed by atoms with Gasteiger partial charge >= 0.3 is 6.09 Å². The summed E-state index contributed by atoms with van der Waals surface area (Å²) in [6.45, 7) is 5.92. The minimum Gasteiger partial charge on any atom is -0.480 e. The molecule has 1 saturated heterocycles. The smallest absolute Gasteiger partial charge is 0.405 e. The number of anilines is 1. The number of hydrogen-bond acceptors (Lipinski definition) is 5. The molecule has 1 aliphatic heterocycles. The number of nitrogens with one attached hydrogen (secondary N) is 1. The number of amides is 1. The molecule has 2 heterocycles. The Bertz CT molecular complexity index is 593. The van der Waals surface area contributed by atoms with Crippen LogP contribution in [0, 0.1) is 17.8 Å². The number of carbonyl (C=O) groups is 1. The number of rotatable bonds is 5. The van der Waals surface area contributed by atoms with Crippen LogP contribution in [0.25, 0.3) is 0 Å². The second kappa shape index (κ2) is 6.45. The van der Waals surface area contributed by atoms with Crippen molar-refractivity contribution >= 4 is 11.8 Å². The van der Waals surface area contributed by atoms with Crippen LogP contribution in [0.2, 0.25) is 0 Å². The maximum atomic E-state index is 11.0. The number of ether oxygens (including phenoxy) is 1. The minimum atomic E-state index is -0.945. The van der Waals surface area contributed by atoms with Gasteiger partial charge in [-0.25, -0.2) is 4.79 Å². The van der Waals surface area contributed by atoms with Crippen molar-refractivity contribution in [1.82, 2.24) is 15.5 Å². The summed E-state index contributed by atoms with van der Waals surface area (Å²) in [7, 11) is 1.60. The van der Waals surface area contributed by atoms with Gasteiger partial charge in [0.05, 0.1) is 19.0 Å². The highest BCUT2D eigenvalue weighted by Crippen LogP contribution is 2.46. The fourth-order valence-corrected chi connectivity index (χ4v) is 4.42. The average Bonchev–Trinajstić information content (AvgIpc) is 2.74. The Hall–Kier alpha value is -2.05. The zero-order chi connectivity index (χ0) is 17.3. The molecule has 7 nitrogen and oxygen atoms in total. The van der Waals surface area contributed by atoms with Gasteiger partial charge in [-0.3, -0.25) is 0 Å². The van der Waals surface area contributed by atoms with E-state index >= 15 is 0 Å². The van der Waals surface area contributed by atoms with Gasteiger partial charge in [0.2, 0.25) is 5.88 Å². The normalized spacial score (nSPS) is 26.3. The number of nitrogens with zero attached hydrogens (tertiary/aromatic N) is 3. The van der Waals surface area contributed by atoms with Crippen LogP contribution in [0.15, 0.2) is 12.3 Å². The topological polar surface area (TPSA) is 87.6 Å².